The van der Waals surface area contributed by atoms with Crippen LogP contribution in [0.4, 0.5) is 0 Å². The van der Waals surface area contributed by atoms with E-state index in [-0.39, 0.29) is 12.6 Å². The quantitative estimate of drug-likeness (QED) is 0.295. The second kappa shape index (κ2) is 6.86. The molecule has 8 heteroatoms. The number of hydrogen-bond donors (Lipinski definition) is 1. The van der Waals surface area contributed by atoms with Crippen molar-refractivity contribution in [2.45, 2.75) is 69.4 Å². The van der Waals surface area contributed by atoms with Crippen molar-refractivity contribution >= 4 is 30.5 Å². The summed E-state index contributed by atoms with van der Waals surface area (Å²) in [5, 5.41) is 0. The van der Waals surface area contributed by atoms with Gasteiger partial charge in [-0.25, -0.2) is 0 Å². The van der Waals surface area contributed by atoms with E-state index in [1.807, 2.05) is 0 Å². The Kier molecular flexibility index (Phi) is 4.44. The third-order valence-corrected chi connectivity index (χ3v) is 8.75. The van der Waals surface area contributed by atoms with Crippen molar-refractivity contribution < 1.29 is 33.3 Å². The molecule has 0 aromatic rings. The van der Waals surface area contributed by atoms with Gasteiger partial charge in [0, 0.05) is 0 Å². The van der Waals surface area contributed by atoms with Crippen LogP contribution in [0.3, 0.4) is 0 Å². The first kappa shape index (κ1) is 19.4. The van der Waals surface area contributed by atoms with E-state index >= 15 is 0 Å². The molecule has 4 saturated carbocycles. The lowest BCUT2D eigenvalue weighted by Gasteiger charge is -2.55. The van der Waals surface area contributed by atoms with E-state index in [0.29, 0.717) is 29.9 Å². The van der Waals surface area contributed by atoms with Gasteiger partial charge in [-0.2, -0.15) is 12.6 Å². The summed E-state index contributed by atoms with van der Waals surface area (Å²) >= 11 is 4.13. The number of carbonyl (C=O) groups excluding carboxylic acids is 3. The molecule has 4 aliphatic carbocycles. The van der Waals surface area contributed by atoms with Crippen LogP contribution in [0.1, 0.15) is 44.9 Å². The van der Waals surface area contributed by atoms with Gasteiger partial charge in [0.15, 0.2) is 12.2 Å². The molecular weight excluding hydrogens is 408 g/mol. The third-order valence-electron chi connectivity index (χ3n) is 8.44. The van der Waals surface area contributed by atoms with Crippen LogP contribution in [0.5, 0.6) is 0 Å². The van der Waals surface area contributed by atoms with Crippen molar-refractivity contribution in [3.63, 3.8) is 0 Å². The second-order valence-electron chi connectivity index (χ2n) is 10.3. The molecule has 164 valence electrons. The van der Waals surface area contributed by atoms with Crippen molar-refractivity contribution in [1.29, 1.82) is 0 Å². The SMILES string of the molecule is O=C1OC2C(OC(=O)C34CC5CC(CC(C5)C3)C4)C3OC2C1C3C(=O)OCCCS. The summed E-state index contributed by atoms with van der Waals surface area (Å²) in [5.41, 5.74) is -0.402. The first-order valence-corrected chi connectivity index (χ1v) is 12.0. The number of ether oxygens (including phenoxy) is 4. The molecule has 7 rings (SSSR count). The molecule has 0 spiro atoms. The number of fused-ring (bicyclic) bond motifs is 1. The van der Waals surface area contributed by atoms with Gasteiger partial charge >= 0.3 is 17.9 Å². The van der Waals surface area contributed by atoms with Crippen LogP contribution < -0.4 is 0 Å². The summed E-state index contributed by atoms with van der Waals surface area (Å²) in [6, 6.07) is 0. The normalized spacial score (nSPS) is 49.4. The molecule has 7 aliphatic rings. The highest BCUT2D eigenvalue weighted by Crippen LogP contribution is 2.61. The van der Waals surface area contributed by atoms with E-state index in [4.69, 9.17) is 18.9 Å². The number of hydrogen-bond acceptors (Lipinski definition) is 8. The Morgan fingerprint density at radius 3 is 2.33 bits per heavy atom. The summed E-state index contributed by atoms with van der Waals surface area (Å²) in [4.78, 5) is 38.6. The maximum Gasteiger partial charge on any atom is 0.313 e. The molecule has 0 aromatic heterocycles. The fourth-order valence-electron chi connectivity index (χ4n) is 7.68. The van der Waals surface area contributed by atoms with Crippen molar-refractivity contribution in [2.75, 3.05) is 12.4 Å². The summed E-state index contributed by atoms with van der Waals surface area (Å²) in [7, 11) is 0. The fourth-order valence-corrected chi connectivity index (χ4v) is 7.81. The predicted octanol–water partition coefficient (Wildman–Crippen LogP) is 1.92. The van der Waals surface area contributed by atoms with Gasteiger partial charge in [0.2, 0.25) is 0 Å². The van der Waals surface area contributed by atoms with Crippen LogP contribution in [0, 0.1) is 35.0 Å². The van der Waals surface area contributed by atoms with Gasteiger partial charge in [-0.3, -0.25) is 14.4 Å². The first-order valence-electron chi connectivity index (χ1n) is 11.3. The molecule has 0 amide bonds. The molecule has 6 atom stereocenters. The number of thiol groups is 1. The van der Waals surface area contributed by atoms with Gasteiger partial charge in [0.25, 0.3) is 0 Å². The molecule has 3 heterocycles. The van der Waals surface area contributed by atoms with Crippen molar-refractivity contribution in [3.05, 3.63) is 0 Å². The fraction of sp³-hybridized carbons (Fsp3) is 0.864. The maximum absolute atomic E-state index is 13.4. The lowest BCUT2D eigenvalue weighted by Crippen LogP contribution is -2.54. The zero-order chi connectivity index (χ0) is 20.6. The molecule has 7 fully saturated rings. The molecule has 3 aliphatic heterocycles. The topological polar surface area (TPSA) is 88.1 Å². The van der Waals surface area contributed by atoms with E-state index in [1.165, 1.54) is 19.3 Å². The highest BCUT2D eigenvalue weighted by Gasteiger charge is 2.72. The van der Waals surface area contributed by atoms with Crippen LogP contribution >= 0.6 is 12.6 Å². The van der Waals surface area contributed by atoms with Crippen LogP contribution in [-0.2, 0) is 33.3 Å². The van der Waals surface area contributed by atoms with Gasteiger partial charge < -0.3 is 18.9 Å². The third kappa shape index (κ3) is 2.71. The van der Waals surface area contributed by atoms with Gasteiger partial charge in [-0.15, -0.1) is 0 Å². The largest absolute Gasteiger partial charge is 0.465 e. The van der Waals surface area contributed by atoms with Crippen molar-refractivity contribution in [3.8, 4) is 0 Å². The zero-order valence-corrected chi connectivity index (χ0v) is 17.8. The molecule has 30 heavy (non-hydrogen) atoms. The highest BCUT2D eigenvalue weighted by molar-refractivity contribution is 7.80. The second-order valence-corrected chi connectivity index (χ2v) is 10.8. The summed E-state index contributed by atoms with van der Waals surface area (Å²) < 4.78 is 22.9. The van der Waals surface area contributed by atoms with Crippen molar-refractivity contribution in [2.24, 2.45) is 35.0 Å². The van der Waals surface area contributed by atoms with Crippen LogP contribution in [0.15, 0.2) is 0 Å². The molecule has 6 unspecified atom stereocenters. The Balaban J connectivity index is 1.20. The average molecular weight is 437 g/mol. The molecule has 0 N–H and O–H groups in total. The minimum absolute atomic E-state index is 0.176. The van der Waals surface area contributed by atoms with E-state index in [0.717, 1.165) is 19.3 Å². The summed E-state index contributed by atoms with van der Waals surface area (Å²) in [5.74, 6) is -0.0218. The average Bonchev–Trinajstić information content (AvgIpc) is 3.30. The van der Waals surface area contributed by atoms with Gasteiger partial charge in [0.1, 0.15) is 24.0 Å². The molecule has 6 bridgehead atoms. The smallest absolute Gasteiger partial charge is 0.313 e. The Morgan fingerprint density at radius 2 is 1.70 bits per heavy atom. The number of esters is 3. The summed E-state index contributed by atoms with van der Waals surface area (Å²) in [6.45, 7) is 0.249. The molecular formula is C22H28O7S. The van der Waals surface area contributed by atoms with Gasteiger partial charge in [-0.05, 0) is 68.5 Å². The van der Waals surface area contributed by atoms with E-state index in [2.05, 4.69) is 12.6 Å². The first-order chi connectivity index (χ1) is 14.5. The lowest BCUT2D eigenvalue weighted by atomic mass is 9.49. The molecule has 7 nitrogen and oxygen atoms in total. The Morgan fingerprint density at radius 1 is 1.03 bits per heavy atom. The minimum Gasteiger partial charge on any atom is -0.465 e. The van der Waals surface area contributed by atoms with E-state index < -0.39 is 53.6 Å². The molecule has 0 radical (unpaired) electrons. The molecule has 0 aromatic carbocycles. The highest BCUT2D eigenvalue weighted by atomic mass is 32.1. The zero-order valence-electron chi connectivity index (χ0n) is 16.9. The number of carbonyl (C=O) groups is 3. The molecule has 3 saturated heterocycles. The van der Waals surface area contributed by atoms with Crippen molar-refractivity contribution in [1.82, 2.24) is 0 Å². The monoisotopic (exact) mass is 436 g/mol. The Hall–Kier alpha value is -1.28. The Labute approximate surface area is 180 Å². The Bertz CT molecular complexity index is 746. The predicted molar refractivity (Wildman–Crippen MR) is 105 cm³/mol. The van der Waals surface area contributed by atoms with Crippen LogP contribution in [-0.4, -0.2) is 54.7 Å². The minimum atomic E-state index is -0.768. The number of rotatable bonds is 6. The van der Waals surface area contributed by atoms with Gasteiger partial charge in [0.05, 0.1) is 12.0 Å². The van der Waals surface area contributed by atoms with E-state index in [1.54, 1.807) is 0 Å². The van der Waals surface area contributed by atoms with Crippen LogP contribution in [0.2, 0.25) is 0 Å². The summed E-state index contributed by atoms with van der Waals surface area (Å²) in [6.07, 6.45) is 4.55. The maximum atomic E-state index is 13.4. The standard InChI is InChI=1S/C22H28O7S/c23-19(26-2-1-3-30)13-14-16-17(28-20(14)24)18(15(13)27-16)29-21(25)22-7-10-4-11(8-22)6-12(5-10)9-22/h10-18,30H,1-9H2. The van der Waals surface area contributed by atoms with Gasteiger partial charge in [-0.1, -0.05) is 0 Å². The van der Waals surface area contributed by atoms with Crippen LogP contribution in [0.25, 0.3) is 0 Å². The van der Waals surface area contributed by atoms with E-state index in [9.17, 15) is 14.4 Å². The lowest BCUT2D eigenvalue weighted by molar-refractivity contribution is -0.186.